The number of rotatable bonds is 4. The predicted octanol–water partition coefficient (Wildman–Crippen LogP) is 0.851. The Balaban J connectivity index is 2.07. The van der Waals surface area contributed by atoms with E-state index >= 15 is 0 Å². The lowest BCUT2D eigenvalue weighted by Crippen LogP contribution is -2.39. The highest BCUT2D eigenvalue weighted by Gasteiger charge is 2.33. The van der Waals surface area contributed by atoms with Gasteiger partial charge in [-0.15, -0.1) is 0 Å². The number of carbonyl (C=O) groups is 1. The van der Waals surface area contributed by atoms with E-state index in [1.165, 1.54) is 11.4 Å². The molecule has 1 saturated heterocycles. The fourth-order valence-electron chi connectivity index (χ4n) is 2.22. The molecular weight excluding hydrogens is 264 g/mol. The molecule has 0 N–H and O–H groups in total. The molecule has 104 valence electrons. The van der Waals surface area contributed by atoms with E-state index in [0.29, 0.717) is 6.54 Å². The molecule has 1 aliphatic heterocycles. The molecule has 0 aliphatic carbocycles. The minimum Gasteiger partial charge on any atom is -0.328 e. The average molecular weight is 282 g/mol. The number of benzene rings is 1. The van der Waals surface area contributed by atoms with Gasteiger partial charge in [0.15, 0.2) is 0 Å². The number of carbonyl (C=O) groups excluding carboxylic acids is 1. The molecule has 0 radical (unpaired) electrons. The van der Waals surface area contributed by atoms with Crippen LogP contribution in [-0.4, -0.2) is 50.0 Å². The first-order chi connectivity index (χ1) is 8.89. The highest BCUT2D eigenvalue weighted by Crippen LogP contribution is 2.28. The molecule has 0 aromatic heterocycles. The maximum Gasteiger partial charge on any atom is 0.231 e. The first-order valence-corrected chi connectivity index (χ1v) is 7.99. The molecule has 0 bridgehead atoms. The summed E-state index contributed by atoms with van der Waals surface area (Å²) >= 11 is 0. The van der Waals surface area contributed by atoms with Crippen molar-refractivity contribution in [3.05, 3.63) is 35.9 Å². The van der Waals surface area contributed by atoms with E-state index in [-0.39, 0.29) is 18.5 Å². The molecule has 2 rings (SSSR count). The third kappa shape index (κ3) is 3.13. The molecule has 1 atom stereocenters. The van der Waals surface area contributed by atoms with Crippen LogP contribution in [0.1, 0.15) is 17.9 Å². The van der Waals surface area contributed by atoms with Crippen LogP contribution in [0.15, 0.2) is 30.3 Å². The van der Waals surface area contributed by atoms with Crippen LogP contribution in [0, 0.1) is 0 Å². The second kappa shape index (κ2) is 5.30. The monoisotopic (exact) mass is 282 g/mol. The molecule has 1 heterocycles. The van der Waals surface area contributed by atoms with E-state index in [2.05, 4.69) is 0 Å². The first-order valence-electron chi connectivity index (χ1n) is 6.14. The molecule has 5 nitrogen and oxygen atoms in total. The van der Waals surface area contributed by atoms with Crippen LogP contribution in [0.3, 0.4) is 0 Å². The lowest BCUT2D eigenvalue weighted by molar-refractivity contribution is -0.129. The van der Waals surface area contributed by atoms with E-state index in [1.807, 2.05) is 30.3 Å². The van der Waals surface area contributed by atoms with Crippen LogP contribution in [-0.2, 0) is 14.8 Å². The normalized spacial score (nSPS) is 20.3. The molecule has 0 unspecified atom stereocenters. The molecule has 1 fully saturated rings. The molecule has 1 aromatic rings. The summed E-state index contributed by atoms with van der Waals surface area (Å²) in [6.07, 6.45) is 1.88. The van der Waals surface area contributed by atoms with Gasteiger partial charge in [-0.1, -0.05) is 30.3 Å². The maximum absolute atomic E-state index is 12.3. The van der Waals surface area contributed by atoms with Crippen LogP contribution in [0.4, 0.5) is 0 Å². The van der Waals surface area contributed by atoms with Gasteiger partial charge in [0.25, 0.3) is 0 Å². The van der Waals surface area contributed by atoms with Gasteiger partial charge in [0.2, 0.25) is 15.9 Å². The van der Waals surface area contributed by atoms with Crippen molar-refractivity contribution in [1.82, 2.24) is 9.21 Å². The summed E-state index contributed by atoms with van der Waals surface area (Å²) in [4.78, 5) is 13.9. The highest BCUT2D eigenvalue weighted by molar-refractivity contribution is 7.88. The molecule has 1 amide bonds. The highest BCUT2D eigenvalue weighted by atomic mass is 32.2. The summed E-state index contributed by atoms with van der Waals surface area (Å²) in [5.74, 6) is -0.143. The molecule has 1 aliphatic rings. The Bertz CT molecular complexity index is 557. The first kappa shape index (κ1) is 14.0. The zero-order chi connectivity index (χ0) is 14.0. The minimum atomic E-state index is -3.26. The Morgan fingerprint density at radius 2 is 1.95 bits per heavy atom. The van der Waals surface area contributed by atoms with Gasteiger partial charge in [-0.25, -0.2) is 8.42 Å². The zero-order valence-corrected chi connectivity index (χ0v) is 11.9. The summed E-state index contributed by atoms with van der Waals surface area (Å²) in [7, 11) is -1.77. The number of nitrogens with zero attached hydrogens (tertiary/aromatic N) is 2. The Morgan fingerprint density at radius 1 is 1.32 bits per heavy atom. The molecular formula is C13H18N2O3S. The summed E-state index contributed by atoms with van der Waals surface area (Å²) in [5, 5.41) is 0. The van der Waals surface area contributed by atoms with Crippen LogP contribution >= 0.6 is 0 Å². The van der Waals surface area contributed by atoms with Crippen molar-refractivity contribution in [1.29, 1.82) is 0 Å². The van der Waals surface area contributed by atoms with E-state index in [0.717, 1.165) is 18.2 Å². The number of likely N-dealkylation sites (tertiary alicyclic amines) is 1. The molecule has 0 spiro atoms. The molecule has 6 heteroatoms. The molecule has 1 aromatic carbocycles. The second-order valence-corrected chi connectivity index (χ2v) is 6.95. The standard InChI is InChI=1S/C13H18N2O3S/c1-14(19(2,17)18)10-15-9-8-12(13(15)16)11-6-4-3-5-7-11/h3-7,12H,8-10H2,1-2H3/t12-/m1/s1. The van der Waals surface area contributed by atoms with E-state index in [9.17, 15) is 13.2 Å². The Morgan fingerprint density at radius 3 is 2.53 bits per heavy atom. The fraction of sp³-hybridized carbons (Fsp3) is 0.462. The predicted molar refractivity (Wildman–Crippen MR) is 73.0 cm³/mol. The van der Waals surface area contributed by atoms with Crippen molar-refractivity contribution >= 4 is 15.9 Å². The zero-order valence-electron chi connectivity index (χ0n) is 11.1. The third-order valence-corrected chi connectivity index (χ3v) is 4.68. The topological polar surface area (TPSA) is 57.7 Å². The van der Waals surface area contributed by atoms with E-state index in [1.54, 1.807) is 4.90 Å². The molecule has 0 saturated carbocycles. The van der Waals surface area contributed by atoms with Gasteiger partial charge in [0.05, 0.1) is 18.8 Å². The van der Waals surface area contributed by atoms with E-state index < -0.39 is 10.0 Å². The van der Waals surface area contributed by atoms with Gasteiger partial charge in [0.1, 0.15) is 0 Å². The summed E-state index contributed by atoms with van der Waals surface area (Å²) in [6.45, 7) is 0.721. The third-order valence-electron chi connectivity index (χ3n) is 3.44. The van der Waals surface area contributed by atoms with Gasteiger partial charge in [0, 0.05) is 13.6 Å². The van der Waals surface area contributed by atoms with Gasteiger partial charge in [-0.05, 0) is 12.0 Å². The Hall–Kier alpha value is -1.40. The quantitative estimate of drug-likeness (QED) is 0.822. The number of amides is 1. The van der Waals surface area contributed by atoms with Crippen LogP contribution in [0.5, 0.6) is 0 Å². The fourth-order valence-corrected chi connectivity index (χ4v) is 2.57. The van der Waals surface area contributed by atoms with Crippen molar-refractivity contribution in [3.63, 3.8) is 0 Å². The minimum absolute atomic E-state index is 0.00157. The number of hydrogen-bond donors (Lipinski definition) is 0. The SMILES string of the molecule is CN(CN1CC[C@H](c2ccccc2)C1=O)S(C)(=O)=O. The largest absolute Gasteiger partial charge is 0.328 e. The average Bonchev–Trinajstić information content (AvgIpc) is 2.71. The summed E-state index contributed by atoms with van der Waals surface area (Å²) in [6, 6.07) is 9.61. The Kier molecular flexibility index (Phi) is 3.91. The van der Waals surface area contributed by atoms with Crippen molar-refractivity contribution in [2.75, 3.05) is 26.5 Å². The van der Waals surface area contributed by atoms with Gasteiger partial charge in [-0.2, -0.15) is 4.31 Å². The van der Waals surface area contributed by atoms with Crippen molar-refractivity contribution < 1.29 is 13.2 Å². The van der Waals surface area contributed by atoms with Crippen molar-refractivity contribution in [2.24, 2.45) is 0 Å². The summed E-state index contributed by atoms with van der Waals surface area (Å²) in [5.41, 5.74) is 0.997. The van der Waals surface area contributed by atoms with Gasteiger partial charge >= 0.3 is 0 Å². The van der Waals surface area contributed by atoms with Gasteiger partial charge < -0.3 is 4.90 Å². The number of sulfonamides is 1. The second-order valence-electron chi connectivity index (χ2n) is 4.86. The maximum atomic E-state index is 12.3. The van der Waals surface area contributed by atoms with Crippen molar-refractivity contribution in [3.8, 4) is 0 Å². The lowest BCUT2D eigenvalue weighted by atomic mass is 9.98. The van der Waals surface area contributed by atoms with E-state index in [4.69, 9.17) is 0 Å². The smallest absolute Gasteiger partial charge is 0.231 e. The van der Waals surface area contributed by atoms with Gasteiger partial charge in [-0.3, -0.25) is 4.79 Å². The van der Waals surface area contributed by atoms with Crippen LogP contribution < -0.4 is 0 Å². The van der Waals surface area contributed by atoms with Crippen LogP contribution in [0.25, 0.3) is 0 Å². The van der Waals surface area contributed by atoms with Crippen LogP contribution in [0.2, 0.25) is 0 Å². The number of hydrogen-bond acceptors (Lipinski definition) is 3. The van der Waals surface area contributed by atoms with Crippen molar-refractivity contribution in [2.45, 2.75) is 12.3 Å². The Labute approximate surface area is 113 Å². The molecule has 19 heavy (non-hydrogen) atoms. The summed E-state index contributed by atoms with van der Waals surface area (Å²) < 4.78 is 23.9. The lowest BCUT2D eigenvalue weighted by Gasteiger charge is -2.22.